The second-order valence-electron chi connectivity index (χ2n) is 4.12. The minimum Gasteiger partial charge on any atom is -0.348 e. The molecule has 0 atom stereocenters. The summed E-state index contributed by atoms with van der Waals surface area (Å²) in [5.41, 5.74) is -0.0386. The van der Waals surface area contributed by atoms with Crippen molar-refractivity contribution in [2.75, 3.05) is 0 Å². The van der Waals surface area contributed by atoms with Crippen LogP contribution >= 0.6 is 0 Å². The molecule has 0 aliphatic heterocycles. The van der Waals surface area contributed by atoms with Crippen LogP contribution in [0.1, 0.15) is 21.5 Å². The van der Waals surface area contributed by atoms with Gasteiger partial charge in [0, 0.05) is 24.5 Å². The highest BCUT2D eigenvalue weighted by atomic mass is 19.4. The van der Waals surface area contributed by atoms with Gasteiger partial charge in [0.2, 0.25) is 0 Å². The van der Waals surface area contributed by atoms with E-state index in [1.165, 1.54) is 12.1 Å². The van der Waals surface area contributed by atoms with E-state index < -0.39 is 17.6 Å². The number of carbonyl (C=O) groups is 1. The van der Waals surface area contributed by atoms with Crippen LogP contribution in [0.3, 0.4) is 0 Å². The van der Waals surface area contributed by atoms with Crippen molar-refractivity contribution in [2.45, 2.75) is 12.7 Å². The van der Waals surface area contributed by atoms with Gasteiger partial charge >= 0.3 is 6.18 Å². The number of pyridine rings is 1. The molecule has 3 nitrogen and oxygen atoms in total. The van der Waals surface area contributed by atoms with E-state index in [9.17, 15) is 18.0 Å². The van der Waals surface area contributed by atoms with Gasteiger partial charge in [0.1, 0.15) is 0 Å². The van der Waals surface area contributed by atoms with Crippen molar-refractivity contribution >= 4 is 5.91 Å². The van der Waals surface area contributed by atoms with Gasteiger partial charge in [-0.3, -0.25) is 9.78 Å². The second kappa shape index (κ2) is 5.73. The molecule has 0 fully saturated rings. The molecule has 2 aromatic rings. The number of hydrogen-bond acceptors (Lipinski definition) is 2. The van der Waals surface area contributed by atoms with Crippen LogP contribution in [0.25, 0.3) is 0 Å². The maximum atomic E-state index is 12.5. The summed E-state index contributed by atoms with van der Waals surface area (Å²) in [5, 5.41) is 2.56. The highest BCUT2D eigenvalue weighted by Crippen LogP contribution is 2.29. The Morgan fingerprint density at radius 3 is 2.50 bits per heavy atom. The van der Waals surface area contributed by atoms with Gasteiger partial charge in [-0.2, -0.15) is 13.2 Å². The number of nitrogens with zero attached hydrogens (tertiary/aromatic N) is 1. The van der Waals surface area contributed by atoms with Gasteiger partial charge in [0.05, 0.1) is 5.56 Å². The van der Waals surface area contributed by atoms with Crippen molar-refractivity contribution in [3.05, 3.63) is 65.5 Å². The third kappa shape index (κ3) is 3.57. The van der Waals surface area contributed by atoms with E-state index in [-0.39, 0.29) is 12.1 Å². The van der Waals surface area contributed by atoms with E-state index in [2.05, 4.69) is 10.3 Å². The zero-order valence-corrected chi connectivity index (χ0v) is 10.3. The lowest BCUT2D eigenvalue weighted by molar-refractivity contribution is -0.137. The molecular weight excluding hydrogens is 269 g/mol. The van der Waals surface area contributed by atoms with Crippen LogP contribution in [0.15, 0.2) is 48.8 Å². The first-order valence-corrected chi connectivity index (χ1v) is 5.81. The molecule has 20 heavy (non-hydrogen) atoms. The normalized spacial score (nSPS) is 11.2. The average molecular weight is 280 g/mol. The molecule has 0 radical (unpaired) electrons. The van der Waals surface area contributed by atoms with Gasteiger partial charge in [0.15, 0.2) is 0 Å². The van der Waals surface area contributed by atoms with Crippen molar-refractivity contribution in [1.29, 1.82) is 0 Å². The standard InChI is InChI=1S/C14H11F3N2O/c15-14(16,17)12-3-1-2-11(8-12)13(20)19-9-10-4-6-18-7-5-10/h1-8H,9H2,(H,19,20). The van der Waals surface area contributed by atoms with E-state index in [0.29, 0.717) is 0 Å². The molecular formula is C14H11F3N2O. The molecule has 2 rings (SSSR count). The fourth-order valence-corrected chi connectivity index (χ4v) is 1.62. The Kier molecular flexibility index (Phi) is 4.02. The SMILES string of the molecule is O=C(NCc1ccncc1)c1cccc(C(F)(F)F)c1. The first kappa shape index (κ1) is 14.0. The Bertz CT molecular complexity index is 597. The van der Waals surface area contributed by atoms with Gasteiger partial charge < -0.3 is 5.32 Å². The third-order valence-electron chi connectivity index (χ3n) is 2.65. The molecule has 1 heterocycles. The molecule has 0 saturated heterocycles. The largest absolute Gasteiger partial charge is 0.416 e. The molecule has 1 aromatic carbocycles. The molecule has 0 saturated carbocycles. The van der Waals surface area contributed by atoms with Crippen LogP contribution in [-0.4, -0.2) is 10.9 Å². The molecule has 6 heteroatoms. The number of hydrogen-bond donors (Lipinski definition) is 1. The van der Waals surface area contributed by atoms with Gasteiger partial charge in [-0.25, -0.2) is 0 Å². The third-order valence-corrected chi connectivity index (χ3v) is 2.65. The fourth-order valence-electron chi connectivity index (χ4n) is 1.62. The van der Waals surface area contributed by atoms with Gasteiger partial charge in [-0.05, 0) is 35.9 Å². The molecule has 0 spiro atoms. The number of alkyl halides is 3. The maximum absolute atomic E-state index is 12.5. The number of amides is 1. The van der Waals surface area contributed by atoms with Crippen LogP contribution in [-0.2, 0) is 12.7 Å². The summed E-state index contributed by atoms with van der Waals surface area (Å²) in [6, 6.07) is 7.75. The highest BCUT2D eigenvalue weighted by Gasteiger charge is 2.30. The monoisotopic (exact) mass is 280 g/mol. The molecule has 1 aromatic heterocycles. The molecule has 1 N–H and O–H groups in total. The van der Waals surface area contributed by atoms with Crippen molar-refractivity contribution in [1.82, 2.24) is 10.3 Å². The molecule has 0 unspecified atom stereocenters. The maximum Gasteiger partial charge on any atom is 0.416 e. The first-order valence-electron chi connectivity index (χ1n) is 5.81. The molecule has 1 amide bonds. The van der Waals surface area contributed by atoms with E-state index in [4.69, 9.17) is 0 Å². The zero-order chi connectivity index (χ0) is 14.6. The summed E-state index contributed by atoms with van der Waals surface area (Å²) in [4.78, 5) is 15.6. The Morgan fingerprint density at radius 1 is 1.15 bits per heavy atom. The lowest BCUT2D eigenvalue weighted by Gasteiger charge is -2.09. The number of aromatic nitrogens is 1. The highest BCUT2D eigenvalue weighted by molar-refractivity contribution is 5.94. The smallest absolute Gasteiger partial charge is 0.348 e. The van der Waals surface area contributed by atoms with Crippen LogP contribution in [0.5, 0.6) is 0 Å². The Balaban J connectivity index is 2.06. The van der Waals surface area contributed by atoms with Crippen LogP contribution < -0.4 is 5.32 Å². The predicted molar refractivity (Wildman–Crippen MR) is 66.9 cm³/mol. The summed E-state index contributed by atoms with van der Waals surface area (Å²) in [6.45, 7) is 0.234. The fraction of sp³-hybridized carbons (Fsp3) is 0.143. The Morgan fingerprint density at radius 2 is 1.85 bits per heavy atom. The number of rotatable bonds is 3. The lowest BCUT2D eigenvalue weighted by Crippen LogP contribution is -2.23. The number of nitrogens with one attached hydrogen (secondary N) is 1. The topological polar surface area (TPSA) is 42.0 Å². The summed E-state index contributed by atoms with van der Waals surface area (Å²) >= 11 is 0. The molecule has 0 bridgehead atoms. The van der Waals surface area contributed by atoms with Crippen molar-refractivity contribution in [3.63, 3.8) is 0 Å². The zero-order valence-electron chi connectivity index (χ0n) is 10.3. The van der Waals surface area contributed by atoms with Crippen molar-refractivity contribution in [2.24, 2.45) is 0 Å². The van der Waals surface area contributed by atoms with E-state index >= 15 is 0 Å². The second-order valence-corrected chi connectivity index (χ2v) is 4.12. The molecule has 0 aliphatic rings. The summed E-state index contributed by atoms with van der Waals surface area (Å²) in [7, 11) is 0. The van der Waals surface area contributed by atoms with Gasteiger partial charge in [-0.1, -0.05) is 6.07 Å². The van der Waals surface area contributed by atoms with Gasteiger partial charge in [0.25, 0.3) is 5.91 Å². The number of halogens is 3. The summed E-state index contributed by atoms with van der Waals surface area (Å²) < 4.78 is 37.6. The Hall–Kier alpha value is -2.37. The Labute approximate surface area is 113 Å². The minimum atomic E-state index is -4.46. The number of carbonyl (C=O) groups excluding carboxylic acids is 1. The van der Waals surface area contributed by atoms with E-state index in [1.807, 2.05) is 0 Å². The summed E-state index contributed by atoms with van der Waals surface area (Å²) in [6.07, 6.45) is -1.31. The molecule has 104 valence electrons. The summed E-state index contributed by atoms with van der Waals surface area (Å²) in [5.74, 6) is -0.548. The van der Waals surface area contributed by atoms with Gasteiger partial charge in [-0.15, -0.1) is 0 Å². The lowest BCUT2D eigenvalue weighted by atomic mass is 10.1. The first-order chi connectivity index (χ1) is 9.47. The van der Waals surface area contributed by atoms with Crippen molar-refractivity contribution < 1.29 is 18.0 Å². The average Bonchev–Trinajstić information content (AvgIpc) is 2.45. The van der Waals surface area contributed by atoms with Crippen LogP contribution in [0.4, 0.5) is 13.2 Å². The quantitative estimate of drug-likeness (QED) is 0.939. The predicted octanol–water partition coefficient (Wildman–Crippen LogP) is 3.03. The van der Waals surface area contributed by atoms with Crippen molar-refractivity contribution in [3.8, 4) is 0 Å². The number of benzene rings is 1. The molecule has 0 aliphatic carbocycles. The van der Waals surface area contributed by atoms with Crippen LogP contribution in [0.2, 0.25) is 0 Å². The van der Waals surface area contributed by atoms with E-state index in [0.717, 1.165) is 17.7 Å². The minimum absolute atomic E-state index is 0.0196. The van der Waals surface area contributed by atoms with Crippen LogP contribution in [0, 0.1) is 0 Å². The van der Waals surface area contributed by atoms with E-state index in [1.54, 1.807) is 24.5 Å².